The Kier molecular flexibility index (Phi) is 7.17. The Labute approximate surface area is 172 Å². The van der Waals surface area contributed by atoms with E-state index in [1.54, 1.807) is 6.21 Å². The van der Waals surface area contributed by atoms with E-state index in [0.717, 1.165) is 28.9 Å². The van der Waals surface area contributed by atoms with Crippen LogP contribution in [0.4, 0.5) is 0 Å². The molecule has 0 spiro atoms. The van der Waals surface area contributed by atoms with Gasteiger partial charge in [-0.05, 0) is 40.7 Å². The highest BCUT2D eigenvalue weighted by atomic mass is 16.5. The molecule has 4 heteroatoms. The third kappa shape index (κ3) is 5.79. The van der Waals surface area contributed by atoms with E-state index < -0.39 is 0 Å². The number of nitrogens with zero attached hydrogens (tertiary/aromatic N) is 1. The van der Waals surface area contributed by atoms with Crippen LogP contribution < -0.4 is 10.2 Å². The van der Waals surface area contributed by atoms with Crippen molar-refractivity contribution in [3.8, 4) is 16.9 Å². The van der Waals surface area contributed by atoms with Gasteiger partial charge in [0, 0.05) is 0 Å². The lowest BCUT2D eigenvalue weighted by Gasteiger charge is -2.15. The van der Waals surface area contributed by atoms with Crippen molar-refractivity contribution >= 4 is 12.1 Å². The summed E-state index contributed by atoms with van der Waals surface area (Å²) in [5.41, 5.74) is 6.85. The van der Waals surface area contributed by atoms with Gasteiger partial charge in [0.15, 0.2) is 6.61 Å². The van der Waals surface area contributed by atoms with E-state index in [0.29, 0.717) is 5.92 Å². The van der Waals surface area contributed by atoms with E-state index in [1.807, 2.05) is 66.7 Å². The monoisotopic (exact) mass is 386 g/mol. The molecule has 3 aromatic carbocycles. The Balaban J connectivity index is 1.51. The average molecular weight is 386 g/mol. The molecule has 0 bridgehead atoms. The number of amides is 1. The number of para-hydroxylation sites is 1. The normalized spacial score (nSPS) is 11.9. The summed E-state index contributed by atoms with van der Waals surface area (Å²) in [5, 5.41) is 4.03. The minimum Gasteiger partial charge on any atom is -0.483 e. The second-order valence-electron chi connectivity index (χ2n) is 6.92. The first-order valence-electron chi connectivity index (χ1n) is 9.86. The SMILES string of the molecule is CCC(C)c1ccccc1OCC(=O)NN=Cc1ccc(-c2ccccc2)cc1. The van der Waals surface area contributed by atoms with Gasteiger partial charge in [0.2, 0.25) is 0 Å². The molecule has 0 heterocycles. The van der Waals surface area contributed by atoms with Crippen molar-refractivity contribution in [3.05, 3.63) is 90.0 Å². The zero-order valence-corrected chi connectivity index (χ0v) is 16.8. The number of nitrogens with one attached hydrogen (secondary N) is 1. The highest BCUT2D eigenvalue weighted by Crippen LogP contribution is 2.28. The van der Waals surface area contributed by atoms with Crippen LogP contribution in [-0.4, -0.2) is 18.7 Å². The van der Waals surface area contributed by atoms with Gasteiger partial charge in [-0.2, -0.15) is 5.10 Å². The minimum absolute atomic E-state index is 0.0717. The Hall–Kier alpha value is -3.40. The smallest absolute Gasteiger partial charge is 0.277 e. The van der Waals surface area contributed by atoms with Crippen LogP contribution in [-0.2, 0) is 4.79 Å². The number of hydrazone groups is 1. The summed E-state index contributed by atoms with van der Waals surface area (Å²) in [4.78, 5) is 12.0. The van der Waals surface area contributed by atoms with Gasteiger partial charge in [-0.15, -0.1) is 0 Å². The quantitative estimate of drug-likeness (QED) is 0.416. The van der Waals surface area contributed by atoms with Gasteiger partial charge in [-0.25, -0.2) is 5.43 Å². The number of carbonyl (C=O) groups is 1. The van der Waals surface area contributed by atoms with E-state index in [1.165, 1.54) is 5.56 Å². The Bertz CT molecular complexity index is 950. The summed E-state index contributed by atoms with van der Waals surface area (Å²) >= 11 is 0. The molecule has 29 heavy (non-hydrogen) atoms. The molecule has 1 N–H and O–H groups in total. The lowest BCUT2D eigenvalue weighted by molar-refractivity contribution is -0.123. The molecule has 0 aromatic heterocycles. The maximum atomic E-state index is 12.0. The van der Waals surface area contributed by atoms with Crippen molar-refractivity contribution in [2.45, 2.75) is 26.2 Å². The van der Waals surface area contributed by atoms with Crippen molar-refractivity contribution < 1.29 is 9.53 Å². The molecule has 0 saturated carbocycles. The van der Waals surface area contributed by atoms with Gasteiger partial charge in [0.05, 0.1) is 6.21 Å². The molecule has 1 unspecified atom stereocenters. The van der Waals surface area contributed by atoms with Gasteiger partial charge in [0.1, 0.15) is 5.75 Å². The third-order valence-corrected chi connectivity index (χ3v) is 4.84. The second-order valence-corrected chi connectivity index (χ2v) is 6.92. The lowest BCUT2D eigenvalue weighted by atomic mass is 9.98. The first-order chi connectivity index (χ1) is 14.2. The molecule has 0 aliphatic heterocycles. The van der Waals surface area contributed by atoms with Crippen LogP contribution in [0, 0.1) is 0 Å². The zero-order valence-electron chi connectivity index (χ0n) is 16.8. The first-order valence-corrected chi connectivity index (χ1v) is 9.86. The largest absolute Gasteiger partial charge is 0.483 e. The number of rotatable bonds is 8. The summed E-state index contributed by atoms with van der Waals surface area (Å²) in [7, 11) is 0. The maximum Gasteiger partial charge on any atom is 0.277 e. The van der Waals surface area contributed by atoms with Crippen molar-refractivity contribution in [1.82, 2.24) is 5.43 Å². The van der Waals surface area contributed by atoms with Crippen LogP contribution in [0.25, 0.3) is 11.1 Å². The first kappa shape index (κ1) is 20.3. The van der Waals surface area contributed by atoms with E-state index >= 15 is 0 Å². The highest BCUT2D eigenvalue weighted by Gasteiger charge is 2.10. The molecular weight excluding hydrogens is 360 g/mol. The van der Waals surface area contributed by atoms with Crippen LogP contribution in [0.3, 0.4) is 0 Å². The van der Waals surface area contributed by atoms with Crippen LogP contribution >= 0.6 is 0 Å². The third-order valence-electron chi connectivity index (χ3n) is 4.84. The minimum atomic E-state index is -0.291. The Morgan fingerprint density at radius 3 is 2.34 bits per heavy atom. The molecule has 0 aliphatic carbocycles. The molecule has 3 rings (SSSR count). The number of hydrogen-bond donors (Lipinski definition) is 1. The van der Waals surface area contributed by atoms with Gasteiger partial charge in [-0.3, -0.25) is 4.79 Å². The summed E-state index contributed by atoms with van der Waals surface area (Å²) in [6, 6.07) is 26.0. The summed E-state index contributed by atoms with van der Waals surface area (Å²) in [6.07, 6.45) is 2.64. The Morgan fingerprint density at radius 1 is 0.966 bits per heavy atom. The molecule has 3 aromatic rings. The lowest BCUT2D eigenvalue weighted by Crippen LogP contribution is -2.24. The van der Waals surface area contributed by atoms with Crippen LogP contribution in [0.1, 0.15) is 37.3 Å². The molecule has 0 aliphatic rings. The van der Waals surface area contributed by atoms with E-state index in [2.05, 4.69) is 36.5 Å². The van der Waals surface area contributed by atoms with Gasteiger partial charge < -0.3 is 4.74 Å². The van der Waals surface area contributed by atoms with E-state index in [4.69, 9.17) is 4.74 Å². The fourth-order valence-corrected chi connectivity index (χ4v) is 2.99. The van der Waals surface area contributed by atoms with Crippen molar-refractivity contribution in [3.63, 3.8) is 0 Å². The standard InChI is InChI=1S/C25H26N2O2/c1-3-19(2)23-11-7-8-12-24(23)29-18-25(28)27-26-17-20-13-15-22(16-14-20)21-9-5-4-6-10-21/h4-17,19H,3,18H2,1-2H3,(H,27,28). The van der Waals surface area contributed by atoms with Crippen molar-refractivity contribution in [1.29, 1.82) is 0 Å². The highest BCUT2D eigenvalue weighted by molar-refractivity contribution is 5.83. The summed E-state index contributed by atoms with van der Waals surface area (Å²) < 4.78 is 5.70. The topological polar surface area (TPSA) is 50.7 Å². The summed E-state index contributed by atoms with van der Waals surface area (Å²) in [5.74, 6) is 0.838. The van der Waals surface area contributed by atoms with Crippen molar-refractivity contribution in [2.75, 3.05) is 6.61 Å². The molecule has 1 amide bonds. The van der Waals surface area contributed by atoms with Crippen molar-refractivity contribution in [2.24, 2.45) is 5.10 Å². The van der Waals surface area contributed by atoms with Gasteiger partial charge in [0.25, 0.3) is 5.91 Å². The van der Waals surface area contributed by atoms with Crippen LogP contribution in [0.15, 0.2) is 84.0 Å². The zero-order chi connectivity index (χ0) is 20.5. The number of ether oxygens (including phenoxy) is 1. The van der Waals surface area contributed by atoms with Crippen LogP contribution in [0.2, 0.25) is 0 Å². The average Bonchev–Trinajstić information content (AvgIpc) is 2.78. The number of hydrogen-bond acceptors (Lipinski definition) is 3. The van der Waals surface area contributed by atoms with Crippen LogP contribution in [0.5, 0.6) is 5.75 Å². The number of carbonyl (C=O) groups excluding carboxylic acids is 1. The fourth-order valence-electron chi connectivity index (χ4n) is 2.99. The maximum absolute atomic E-state index is 12.0. The Morgan fingerprint density at radius 2 is 1.62 bits per heavy atom. The predicted molar refractivity (Wildman–Crippen MR) is 118 cm³/mol. The molecule has 0 fully saturated rings. The molecule has 1 atom stereocenters. The van der Waals surface area contributed by atoms with Gasteiger partial charge >= 0.3 is 0 Å². The molecule has 0 saturated heterocycles. The molecular formula is C25H26N2O2. The van der Waals surface area contributed by atoms with E-state index in [9.17, 15) is 4.79 Å². The number of benzene rings is 3. The van der Waals surface area contributed by atoms with Gasteiger partial charge in [-0.1, -0.05) is 86.6 Å². The summed E-state index contributed by atoms with van der Waals surface area (Å²) in [6.45, 7) is 4.21. The molecule has 148 valence electrons. The van der Waals surface area contributed by atoms with E-state index in [-0.39, 0.29) is 12.5 Å². The molecule has 0 radical (unpaired) electrons. The fraction of sp³-hybridized carbons (Fsp3) is 0.200. The predicted octanol–water partition coefficient (Wildman–Crippen LogP) is 5.40. The molecule has 4 nitrogen and oxygen atoms in total. The second kappa shape index (κ2) is 10.2.